The third kappa shape index (κ3) is 18.6. The summed E-state index contributed by atoms with van der Waals surface area (Å²) >= 11 is 0. The van der Waals surface area contributed by atoms with Crippen LogP contribution >= 0.6 is 0 Å². The molecule has 0 heterocycles. The van der Waals surface area contributed by atoms with Crippen LogP contribution in [0.5, 0.6) is 0 Å². The van der Waals surface area contributed by atoms with Gasteiger partial charge in [-0.2, -0.15) is 0 Å². The molecular formula is C26H47N3O8. The standard InChI is InChI=1S/C26H47N3O8/c30-23(31)18-27(13-9-12-22-10-7-5-3-1-2-4-6-8-11-22)14-15-28(19-24(32)33)16-17-29(20-25(34)35)21-26(36)37/h22H,1-21H2,(H,30,31)(H,32,33)(H,34,35)(H,36,37). The number of carboxylic acids is 4. The van der Waals surface area contributed by atoms with Gasteiger partial charge in [-0.3, -0.25) is 33.9 Å². The molecule has 37 heavy (non-hydrogen) atoms. The van der Waals surface area contributed by atoms with Gasteiger partial charge in [0.25, 0.3) is 0 Å². The first-order chi connectivity index (χ1) is 17.7. The molecule has 1 fully saturated rings. The Hall–Kier alpha value is -2.24. The highest BCUT2D eigenvalue weighted by Crippen LogP contribution is 2.24. The second-order valence-electron chi connectivity index (χ2n) is 10.3. The molecule has 214 valence electrons. The average molecular weight is 530 g/mol. The van der Waals surface area contributed by atoms with Crippen LogP contribution in [0.4, 0.5) is 0 Å². The fourth-order valence-corrected chi connectivity index (χ4v) is 5.05. The molecule has 0 aromatic heterocycles. The van der Waals surface area contributed by atoms with Crippen LogP contribution in [-0.4, -0.2) is 118 Å². The Balaban J connectivity index is 2.61. The molecule has 1 aliphatic rings. The molecule has 0 bridgehead atoms. The van der Waals surface area contributed by atoms with Crippen LogP contribution in [0.3, 0.4) is 0 Å². The maximum Gasteiger partial charge on any atom is 0.317 e. The second-order valence-corrected chi connectivity index (χ2v) is 10.3. The summed E-state index contributed by atoms with van der Waals surface area (Å²) in [6, 6.07) is 0. The fraction of sp³-hybridized carbons (Fsp3) is 0.846. The van der Waals surface area contributed by atoms with E-state index in [0.29, 0.717) is 19.0 Å². The van der Waals surface area contributed by atoms with E-state index in [0.717, 1.165) is 12.8 Å². The first-order valence-electron chi connectivity index (χ1n) is 13.7. The summed E-state index contributed by atoms with van der Waals surface area (Å²) in [6.45, 7) is 0.168. The third-order valence-corrected chi connectivity index (χ3v) is 6.96. The number of carbonyl (C=O) groups is 4. The molecule has 4 N–H and O–H groups in total. The number of carboxylic acid groups (broad SMARTS) is 4. The smallest absolute Gasteiger partial charge is 0.317 e. The van der Waals surface area contributed by atoms with Crippen LogP contribution < -0.4 is 0 Å². The average Bonchev–Trinajstić information content (AvgIpc) is 2.85. The van der Waals surface area contributed by atoms with Gasteiger partial charge in [-0.15, -0.1) is 0 Å². The normalized spacial score (nSPS) is 16.1. The van der Waals surface area contributed by atoms with Crippen LogP contribution in [-0.2, 0) is 19.2 Å². The molecule has 0 saturated heterocycles. The molecule has 0 radical (unpaired) electrons. The van der Waals surface area contributed by atoms with E-state index in [-0.39, 0.29) is 32.7 Å². The van der Waals surface area contributed by atoms with Crippen molar-refractivity contribution >= 4 is 23.9 Å². The minimum atomic E-state index is -1.16. The first-order valence-corrected chi connectivity index (χ1v) is 13.7. The second kappa shape index (κ2) is 19.8. The Labute approximate surface area is 220 Å². The zero-order chi connectivity index (χ0) is 27.5. The van der Waals surface area contributed by atoms with Gasteiger partial charge in [0, 0.05) is 26.2 Å². The van der Waals surface area contributed by atoms with E-state index in [1.54, 1.807) is 4.90 Å². The molecule has 11 nitrogen and oxygen atoms in total. The van der Waals surface area contributed by atoms with Crippen molar-refractivity contribution in [3.63, 3.8) is 0 Å². The van der Waals surface area contributed by atoms with Crippen molar-refractivity contribution in [1.29, 1.82) is 0 Å². The summed E-state index contributed by atoms with van der Waals surface area (Å²) in [6.07, 6.45) is 14.8. The van der Waals surface area contributed by atoms with Crippen LogP contribution in [0, 0.1) is 5.92 Å². The number of rotatable bonds is 18. The number of nitrogens with zero attached hydrogens (tertiary/aromatic N) is 3. The Morgan fingerprint density at radius 1 is 0.486 bits per heavy atom. The third-order valence-electron chi connectivity index (χ3n) is 6.96. The fourth-order valence-electron chi connectivity index (χ4n) is 5.05. The lowest BCUT2D eigenvalue weighted by atomic mass is 9.91. The van der Waals surface area contributed by atoms with E-state index >= 15 is 0 Å². The van der Waals surface area contributed by atoms with Gasteiger partial charge < -0.3 is 20.4 Å². The molecule has 11 heteroatoms. The summed E-state index contributed by atoms with van der Waals surface area (Å²) in [5, 5.41) is 36.7. The van der Waals surface area contributed by atoms with E-state index in [4.69, 9.17) is 10.2 Å². The van der Waals surface area contributed by atoms with E-state index < -0.39 is 37.0 Å². The van der Waals surface area contributed by atoms with Gasteiger partial charge in [0.2, 0.25) is 0 Å². The van der Waals surface area contributed by atoms with E-state index in [9.17, 15) is 29.4 Å². The number of hydrogen-bond acceptors (Lipinski definition) is 7. The lowest BCUT2D eigenvalue weighted by Gasteiger charge is -2.28. The lowest BCUT2D eigenvalue weighted by molar-refractivity contribution is -0.143. The molecule has 0 spiro atoms. The van der Waals surface area contributed by atoms with Crippen molar-refractivity contribution in [2.45, 2.75) is 77.0 Å². The van der Waals surface area contributed by atoms with Gasteiger partial charge in [-0.25, -0.2) is 0 Å². The number of aliphatic carboxylic acids is 4. The predicted molar refractivity (Wildman–Crippen MR) is 139 cm³/mol. The van der Waals surface area contributed by atoms with Crippen molar-refractivity contribution in [3.05, 3.63) is 0 Å². The lowest BCUT2D eigenvalue weighted by Crippen LogP contribution is -2.44. The molecule has 0 amide bonds. The van der Waals surface area contributed by atoms with Crippen LogP contribution in [0.15, 0.2) is 0 Å². The largest absolute Gasteiger partial charge is 0.480 e. The minimum absolute atomic E-state index is 0.0759. The zero-order valence-electron chi connectivity index (χ0n) is 22.2. The Kier molecular flexibility index (Phi) is 17.6. The molecule has 1 aliphatic carbocycles. The molecule has 1 saturated carbocycles. The van der Waals surface area contributed by atoms with Gasteiger partial charge in [0.15, 0.2) is 0 Å². The van der Waals surface area contributed by atoms with Crippen molar-refractivity contribution in [2.75, 3.05) is 58.9 Å². The SMILES string of the molecule is O=C(O)CN(CCCC1CCCCCCCCCC1)CCN(CCN(CC(=O)O)CC(=O)O)CC(=O)O. The molecule has 0 atom stereocenters. The maximum atomic E-state index is 11.4. The summed E-state index contributed by atoms with van der Waals surface area (Å²) in [5.74, 6) is -3.65. The first kappa shape index (κ1) is 32.8. The van der Waals surface area contributed by atoms with E-state index in [2.05, 4.69) is 0 Å². The quantitative estimate of drug-likeness (QED) is 0.207. The highest BCUT2D eigenvalue weighted by atomic mass is 16.4. The molecular weight excluding hydrogens is 482 g/mol. The zero-order valence-corrected chi connectivity index (χ0v) is 22.2. The topological polar surface area (TPSA) is 159 Å². The highest BCUT2D eigenvalue weighted by Gasteiger charge is 2.19. The number of hydrogen-bond donors (Lipinski definition) is 4. The van der Waals surface area contributed by atoms with Gasteiger partial charge in [0.05, 0.1) is 26.2 Å². The van der Waals surface area contributed by atoms with E-state index in [1.165, 1.54) is 69.1 Å². The monoisotopic (exact) mass is 529 g/mol. The van der Waals surface area contributed by atoms with Crippen LogP contribution in [0.2, 0.25) is 0 Å². The Bertz CT molecular complexity index is 663. The Morgan fingerprint density at radius 2 is 0.811 bits per heavy atom. The highest BCUT2D eigenvalue weighted by molar-refractivity contribution is 5.72. The summed E-state index contributed by atoms with van der Waals surface area (Å²) in [7, 11) is 0. The van der Waals surface area contributed by atoms with Gasteiger partial charge in [-0.1, -0.05) is 64.2 Å². The van der Waals surface area contributed by atoms with Gasteiger partial charge >= 0.3 is 23.9 Å². The molecule has 0 aromatic carbocycles. The van der Waals surface area contributed by atoms with Gasteiger partial charge in [0.1, 0.15) is 0 Å². The summed E-state index contributed by atoms with van der Waals surface area (Å²) in [4.78, 5) is 49.5. The molecule has 0 aromatic rings. The maximum absolute atomic E-state index is 11.4. The van der Waals surface area contributed by atoms with Gasteiger partial charge in [-0.05, 0) is 25.3 Å². The van der Waals surface area contributed by atoms with Crippen molar-refractivity contribution < 1.29 is 39.6 Å². The molecule has 1 rings (SSSR count). The predicted octanol–water partition coefficient (Wildman–Crippen LogP) is 2.54. The molecule has 0 unspecified atom stereocenters. The van der Waals surface area contributed by atoms with Crippen molar-refractivity contribution in [2.24, 2.45) is 5.92 Å². The van der Waals surface area contributed by atoms with Crippen molar-refractivity contribution in [3.8, 4) is 0 Å². The van der Waals surface area contributed by atoms with E-state index in [1.807, 2.05) is 4.90 Å². The Morgan fingerprint density at radius 3 is 1.22 bits per heavy atom. The van der Waals surface area contributed by atoms with Crippen molar-refractivity contribution in [1.82, 2.24) is 14.7 Å². The summed E-state index contributed by atoms with van der Waals surface area (Å²) < 4.78 is 0. The van der Waals surface area contributed by atoms with Crippen LogP contribution in [0.25, 0.3) is 0 Å². The van der Waals surface area contributed by atoms with Crippen LogP contribution in [0.1, 0.15) is 77.0 Å². The molecule has 0 aliphatic heterocycles. The minimum Gasteiger partial charge on any atom is -0.480 e. The summed E-state index contributed by atoms with van der Waals surface area (Å²) in [5.41, 5.74) is 0.